The molecule has 0 aliphatic carbocycles. The van der Waals surface area contributed by atoms with Gasteiger partial charge < -0.3 is 18.9 Å². The van der Waals surface area contributed by atoms with Crippen LogP contribution in [0.3, 0.4) is 0 Å². The second kappa shape index (κ2) is 17.8. The van der Waals surface area contributed by atoms with Crippen molar-refractivity contribution >= 4 is 0 Å². The van der Waals surface area contributed by atoms with E-state index < -0.39 is 0 Å². The molecule has 2 unspecified atom stereocenters. The minimum Gasteiger partial charge on any atom is -0.498 e. The van der Waals surface area contributed by atoms with E-state index in [9.17, 15) is 0 Å². The van der Waals surface area contributed by atoms with Gasteiger partial charge in [-0.3, -0.25) is 0 Å². The summed E-state index contributed by atoms with van der Waals surface area (Å²) in [6.07, 6.45) is 2.43. The highest BCUT2D eigenvalue weighted by atomic mass is 17.3. The largest absolute Gasteiger partial charge is 0.498 e. The summed E-state index contributed by atoms with van der Waals surface area (Å²) in [6, 6.07) is 0. The third-order valence-electron chi connectivity index (χ3n) is 1.71. The smallest absolute Gasteiger partial charge is 0.246 e. The van der Waals surface area contributed by atoms with Crippen molar-refractivity contribution in [1.82, 2.24) is 0 Å². The molecule has 0 radical (unpaired) electrons. The van der Waals surface area contributed by atoms with E-state index in [-0.39, 0.29) is 12.6 Å². The van der Waals surface area contributed by atoms with Gasteiger partial charge in [0, 0.05) is 23.1 Å². The van der Waals surface area contributed by atoms with Crippen LogP contribution in [0.2, 0.25) is 0 Å². The van der Waals surface area contributed by atoms with Gasteiger partial charge >= 0.3 is 0 Å². The first-order valence-electron chi connectivity index (χ1n) is 6.40. The monoisotopic (exact) mass is 296 g/mol. The summed E-state index contributed by atoms with van der Waals surface area (Å²) in [7, 11) is 0. The van der Waals surface area contributed by atoms with Crippen LogP contribution in [0.4, 0.5) is 0 Å². The van der Waals surface area contributed by atoms with Crippen molar-refractivity contribution in [2.75, 3.05) is 26.4 Å². The van der Waals surface area contributed by atoms with Crippen molar-refractivity contribution in [3.63, 3.8) is 0 Å². The highest BCUT2D eigenvalue weighted by molar-refractivity contribution is 4.59. The summed E-state index contributed by atoms with van der Waals surface area (Å²) in [5.74, 6) is 0. The summed E-state index contributed by atoms with van der Waals surface area (Å²) >= 11 is 0. The Kier molecular flexibility index (Phi) is 18.7. The normalized spacial score (nSPS) is 20.0. The van der Waals surface area contributed by atoms with Crippen molar-refractivity contribution in [1.29, 1.82) is 0 Å². The molecular weight excluding hydrogens is 272 g/mol. The van der Waals surface area contributed by atoms with Gasteiger partial charge in [0.05, 0.1) is 13.2 Å². The van der Waals surface area contributed by atoms with E-state index in [0.29, 0.717) is 26.4 Å². The molecule has 1 rings (SSSR count). The maximum absolute atomic E-state index is 7.00. The number of hydrogen-bond donors (Lipinski definition) is 0. The fraction of sp³-hybridized carbons (Fsp3) is 0.833. The lowest BCUT2D eigenvalue weighted by molar-refractivity contribution is -0.565. The fourth-order valence-corrected chi connectivity index (χ4v) is 0.959. The average molecular weight is 296 g/mol. The quantitative estimate of drug-likeness (QED) is 0.497. The lowest BCUT2D eigenvalue weighted by Crippen LogP contribution is -2.46. The van der Waals surface area contributed by atoms with Gasteiger partial charge in [0.15, 0.2) is 0 Å². The molecule has 0 bridgehead atoms. The Balaban J connectivity index is 0. The van der Waals surface area contributed by atoms with Crippen LogP contribution >= 0.6 is 0 Å². The highest BCUT2D eigenvalue weighted by Gasteiger charge is 2.36. The van der Waals surface area contributed by atoms with Crippen molar-refractivity contribution in [2.24, 2.45) is 0 Å². The van der Waals surface area contributed by atoms with Gasteiger partial charge in [-0.25, -0.2) is 0 Å². The standard InChI is InChI=1S/C6H12O4.C6H12O2.O2/c1-3-7-5-6(8-4-2)10-9-5;1-3-7-5-6-8-4-2;1-2/h5-6H,3-4H2,1-2H3;5-6H,3-4H2,1-2H3;/b;6-5+;. The van der Waals surface area contributed by atoms with Crippen LogP contribution in [0.15, 0.2) is 12.5 Å². The molecule has 1 fully saturated rings. The minimum atomic E-state index is -0.329. The Bertz CT molecular complexity index is 192. The molecule has 0 aromatic rings. The number of hydrogen-bond acceptors (Lipinski definition) is 8. The number of ether oxygens (including phenoxy) is 4. The van der Waals surface area contributed by atoms with Crippen LogP contribution in [0.5, 0.6) is 0 Å². The summed E-state index contributed by atoms with van der Waals surface area (Å²) < 4.78 is 19.8. The van der Waals surface area contributed by atoms with E-state index in [4.69, 9.17) is 28.9 Å². The van der Waals surface area contributed by atoms with Crippen molar-refractivity contribution in [2.45, 2.75) is 40.3 Å². The second-order valence-electron chi connectivity index (χ2n) is 3.02. The minimum absolute atomic E-state index is 0.329. The van der Waals surface area contributed by atoms with Crippen molar-refractivity contribution in [3.8, 4) is 0 Å². The average Bonchev–Trinajstić information content (AvgIpc) is 2.48. The Hall–Kier alpha value is -1.22. The molecule has 2 atom stereocenters. The Labute approximate surface area is 119 Å². The molecule has 120 valence electrons. The first-order chi connectivity index (χ1) is 9.79. The second-order valence-corrected chi connectivity index (χ2v) is 3.02. The SMILES string of the molecule is CCO/C=C/OCC.CCOC1OOC1OCC.O=O. The van der Waals surface area contributed by atoms with Gasteiger partial charge in [0.2, 0.25) is 12.6 Å². The predicted octanol–water partition coefficient (Wildman–Crippen LogP) is 2.27. The van der Waals surface area contributed by atoms with Gasteiger partial charge in [-0.05, 0) is 27.7 Å². The molecule has 1 aliphatic heterocycles. The zero-order valence-electron chi connectivity index (χ0n) is 12.4. The summed E-state index contributed by atoms with van der Waals surface area (Å²) in [4.78, 5) is 23.2. The van der Waals surface area contributed by atoms with E-state index >= 15 is 0 Å². The van der Waals surface area contributed by atoms with Crippen LogP contribution in [0, 0.1) is 9.93 Å². The number of rotatable bonds is 8. The summed E-state index contributed by atoms with van der Waals surface area (Å²) in [5, 5.41) is 0. The topological polar surface area (TPSA) is 89.5 Å². The molecule has 0 saturated carbocycles. The first-order valence-corrected chi connectivity index (χ1v) is 6.40. The zero-order chi connectivity index (χ0) is 15.6. The molecule has 0 aromatic carbocycles. The Morgan fingerprint density at radius 2 is 1.10 bits per heavy atom. The predicted molar refractivity (Wildman–Crippen MR) is 72.1 cm³/mol. The van der Waals surface area contributed by atoms with Gasteiger partial charge in [-0.1, -0.05) is 0 Å². The lowest BCUT2D eigenvalue weighted by atomic mass is 10.5. The van der Waals surface area contributed by atoms with Gasteiger partial charge in [-0.2, -0.15) is 9.78 Å². The van der Waals surface area contributed by atoms with E-state index in [0.717, 1.165) is 0 Å². The molecular formula is C12H24O8. The molecule has 1 aliphatic rings. The first kappa shape index (κ1) is 21.1. The summed E-state index contributed by atoms with van der Waals surface area (Å²) in [5.41, 5.74) is 0. The van der Waals surface area contributed by atoms with Crippen molar-refractivity contribution < 1.29 is 28.7 Å². The van der Waals surface area contributed by atoms with Gasteiger partial charge in [0.25, 0.3) is 0 Å². The van der Waals surface area contributed by atoms with Crippen molar-refractivity contribution in [3.05, 3.63) is 22.5 Å². The van der Waals surface area contributed by atoms with Crippen LogP contribution in [0.1, 0.15) is 27.7 Å². The molecule has 20 heavy (non-hydrogen) atoms. The maximum atomic E-state index is 7.00. The third kappa shape index (κ3) is 11.8. The van der Waals surface area contributed by atoms with E-state index in [1.165, 1.54) is 0 Å². The van der Waals surface area contributed by atoms with E-state index in [1.807, 2.05) is 27.7 Å². The van der Waals surface area contributed by atoms with Gasteiger partial charge in [0.1, 0.15) is 12.5 Å². The molecule has 0 amide bonds. The molecule has 0 N–H and O–H groups in total. The molecule has 1 saturated heterocycles. The molecule has 0 spiro atoms. The molecule has 8 heteroatoms. The van der Waals surface area contributed by atoms with E-state index in [1.54, 1.807) is 12.5 Å². The van der Waals surface area contributed by atoms with Crippen LogP contribution in [0.25, 0.3) is 0 Å². The summed E-state index contributed by atoms with van der Waals surface area (Å²) in [6.45, 7) is 10.3. The molecule has 0 aromatic heterocycles. The van der Waals surface area contributed by atoms with Crippen LogP contribution < -0.4 is 0 Å². The lowest BCUT2D eigenvalue weighted by Gasteiger charge is -2.32. The fourth-order valence-electron chi connectivity index (χ4n) is 0.959. The highest BCUT2D eigenvalue weighted by Crippen LogP contribution is 2.18. The maximum Gasteiger partial charge on any atom is 0.246 e. The third-order valence-corrected chi connectivity index (χ3v) is 1.71. The van der Waals surface area contributed by atoms with Crippen LogP contribution in [-0.4, -0.2) is 39.0 Å². The molecule has 8 nitrogen and oxygen atoms in total. The van der Waals surface area contributed by atoms with Gasteiger partial charge in [-0.15, -0.1) is 0 Å². The molecule has 1 heterocycles. The van der Waals surface area contributed by atoms with E-state index in [2.05, 4.69) is 9.78 Å². The zero-order valence-corrected chi connectivity index (χ0v) is 12.4. The Morgan fingerprint density at radius 3 is 1.30 bits per heavy atom. The Morgan fingerprint density at radius 1 is 0.750 bits per heavy atom. The van der Waals surface area contributed by atoms with Crippen LogP contribution in [-0.2, 0) is 28.7 Å².